The van der Waals surface area contributed by atoms with Crippen molar-refractivity contribution in [3.05, 3.63) is 52.5 Å². The highest BCUT2D eigenvalue weighted by molar-refractivity contribution is 6.33. The fraction of sp³-hybridized carbons (Fsp3) is 0.263. The fourth-order valence-electron chi connectivity index (χ4n) is 2.41. The maximum Gasteiger partial charge on any atom is 0.252 e. The molecule has 0 aromatic heterocycles. The van der Waals surface area contributed by atoms with Crippen LogP contribution in [0.3, 0.4) is 0 Å². The summed E-state index contributed by atoms with van der Waals surface area (Å²) in [6.45, 7) is 0.492. The monoisotopic (exact) mass is 392 g/mol. The zero-order valence-electron chi connectivity index (χ0n) is 15.3. The summed E-state index contributed by atoms with van der Waals surface area (Å²) in [5, 5.41) is 5.80. The van der Waals surface area contributed by atoms with Crippen molar-refractivity contribution in [2.45, 2.75) is 0 Å². The Morgan fingerprint density at radius 2 is 1.44 bits per heavy atom. The van der Waals surface area contributed by atoms with Crippen LogP contribution in [0.4, 0.5) is 0 Å². The molecule has 8 heteroatoms. The second-order valence-corrected chi connectivity index (χ2v) is 5.81. The van der Waals surface area contributed by atoms with Gasteiger partial charge in [-0.05, 0) is 24.3 Å². The molecule has 2 aromatic carbocycles. The Morgan fingerprint density at radius 3 is 1.96 bits per heavy atom. The van der Waals surface area contributed by atoms with Gasteiger partial charge in [0.05, 0.1) is 31.9 Å². The highest BCUT2D eigenvalue weighted by atomic mass is 35.5. The summed E-state index contributed by atoms with van der Waals surface area (Å²) in [7, 11) is 4.44. The molecule has 0 aliphatic carbocycles. The average Bonchev–Trinajstić information content (AvgIpc) is 2.69. The molecule has 7 nitrogen and oxygen atoms in total. The smallest absolute Gasteiger partial charge is 0.252 e. The van der Waals surface area contributed by atoms with Crippen LogP contribution in [0.15, 0.2) is 36.4 Å². The summed E-state index contributed by atoms with van der Waals surface area (Å²) in [6.07, 6.45) is 0. The van der Waals surface area contributed by atoms with E-state index >= 15 is 0 Å². The molecular weight excluding hydrogens is 372 g/mol. The second kappa shape index (κ2) is 9.68. The van der Waals surface area contributed by atoms with E-state index in [1.165, 1.54) is 21.3 Å². The normalized spacial score (nSPS) is 10.1. The standard InChI is InChI=1S/C19H21ClN2O5/c1-25-15-10-12(11-16(26-2)17(15)27-3)18(23)21-8-9-22-19(24)13-6-4-5-7-14(13)20/h4-7,10-11H,8-9H2,1-3H3,(H,21,23)(H,22,24). The Balaban J connectivity index is 1.94. The molecule has 0 heterocycles. The highest BCUT2D eigenvalue weighted by Gasteiger charge is 2.17. The lowest BCUT2D eigenvalue weighted by Crippen LogP contribution is -2.34. The van der Waals surface area contributed by atoms with Crippen LogP contribution in [0, 0.1) is 0 Å². The van der Waals surface area contributed by atoms with Crippen LogP contribution in [0.25, 0.3) is 0 Å². The summed E-state index contributed by atoms with van der Waals surface area (Å²) in [6, 6.07) is 9.86. The summed E-state index contributed by atoms with van der Waals surface area (Å²) in [5.41, 5.74) is 0.733. The van der Waals surface area contributed by atoms with Gasteiger partial charge in [0.2, 0.25) is 5.75 Å². The van der Waals surface area contributed by atoms with Gasteiger partial charge < -0.3 is 24.8 Å². The summed E-state index contributed by atoms with van der Waals surface area (Å²) in [5.74, 6) is 0.537. The van der Waals surface area contributed by atoms with Crippen LogP contribution in [0.2, 0.25) is 5.02 Å². The first-order valence-electron chi connectivity index (χ1n) is 8.12. The van der Waals surface area contributed by atoms with Gasteiger partial charge in [0.15, 0.2) is 11.5 Å². The molecule has 0 spiro atoms. The summed E-state index contributed by atoms with van der Waals surface area (Å²) >= 11 is 5.98. The number of halogens is 1. The van der Waals surface area contributed by atoms with E-state index in [2.05, 4.69) is 10.6 Å². The lowest BCUT2D eigenvalue weighted by atomic mass is 10.1. The molecule has 0 saturated carbocycles. The molecule has 27 heavy (non-hydrogen) atoms. The summed E-state index contributed by atoms with van der Waals surface area (Å²) in [4.78, 5) is 24.4. The number of nitrogens with one attached hydrogen (secondary N) is 2. The number of benzene rings is 2. The van der Waals surface area contributed by atoms with Crippen LogP contribution in [0.1, 0.15) is 20.7 Å². The highest BCUT2D eigenvalue weighted by Crippen LogP contribution is 2.38. The second-order valence-electron chi connectivity index (χ2n) is 5.41. The van der Waals surface area contributed by atoms with E-state index in [-0.39, 0.29) is 24.9 Å². The van der Waals surface area contributed by atoms with E-state index < -0.39 is 0 Å². The zero-order valence-corrected chi connectivity index (χ0v) is 16.1. The first-order valence-corrected chi connectivity index (χ1v) is 8.50. The van der Waals surface area contributed by atoms with E-state index in [0.717, 1.165) is 0 Å². The Hall–Kier alpha value is -2.93. The van der Waals surface area contributed by atoms with Crippen molar-refractivity contribution in [2.24, 2.45) is 0 Å². The SMILES string of the molecule is COc1cc(C(=O)NCCNC(=O)c2ccccc2Cl)cc(OC)c1OC. The Bertz CT molecular complexity index is 800. The van der Waals surface area contributed by atoms with Crippen LogP contribution < -0.4 is 24.8 Å². The van der Waals surface area contributed by atoms with Gasteiger partial charge in [-0.3, -0.25) is 9.59 Å². The van der Waals surface area contributed by atoms with E-state index in [1.54, 1.807) is 36.4 Å². The van der Waals surface area contributed by atoms with Gasteiger partial charge in [-0.2, -0.15) is 0 Å². The van der Waals surface area contributed by atoms with Crippen LogP contribution in [-0.4, -0.2) is 46.2 Å². The first-order chi connectivity index (χ1) is 13.0. The van der Waals surface area contributed by atoms with Gasteiger partial charge >= 0.3 is 0 Å². The quantitative estimate of drug-likeness (QED) is 0.674. The Labute approximate surface area is 162 Å². The zero-order chi connectivity index (χ0) is 19.8. The molecule has 0 atom stereocenters. The van der Waals surface area contributed by atoms with Crippen molar-refractivity contribution in [1.82, 2.24) is 10.6 Å². The molecule has 2 rings (SSSR count). The number of hydrogen-bond acceptors (Lipinski definition) is 5. The molecule has 0 aliphatic rings. The lowest BCUT2D eigenvalue weighted by Gasteiger charge is -2.14. The van der Waals surface area contributed by atoms with Gasteiger partial charge in [-0.15, -0.1) is 0 Å². The van der Waals surface area contributed by atoms with Crippen LogP contribution in [-0.2, 0) is 0 Å². The molecule has 2 N–H and O–H groups in total. The van der Waals surface area contributed by atoms with Crippen molar-refractivity contribution in [3.63, 3.8) is 0 Å². The van der Waals surface area contributed by atoms with Crippen molar-refractivity contribution in [1.29, 1.82) is 0 Å². The number of carbonyl (C=O) groups is 2. The number of amides is 2. The number of rotatable bonds is 8. The third-order valence-electron chi connectivity index (χ3n) is 3.74. The number of methoxy groups -OCH3 is 3. The molecule has 0 bridgehead atoms. The molecule has 0 unspecified atom stereocenters. The first kappa shape index (κ1) is 20.4. The molecule has 2 amide bonds. The van der Waals surface area contributed by atoms with Gasteiger partial charge in [0, 0.05) is 18.7 Å². The number of ether oxygens (including phenoxy) is 3. The summed E-state index contributed by atoms with van der Waals surface area (Å²) < 4.78 is 15.7. The minimum absolute atomic E-state index is 0.242. The Morgan fingerprint density at radius 1 is 0.889 bits per heavy atom. The topological polar surface area (TPSA) is 85.9 Å². The average molecular weight is 393 g/mol. The van der Waals surface area contributed by atoms with Crippen molar-refractivity contribution < 1.29 is 23.8 Å². The van der Waals surface area contributed by atoms with E-state index in [1.807, 2.05) is 0 Å². The van der Waals surface area contributed by atoms with E-state index in [9.17, 15) is 9.59 Å². The minimum Gasteiger partial charge on any atom is -0.493 e. The fourth-order valence-corrected chi connectivity index (χ4v) is 2.63. The predicted octanol–water partition coefficient (Wildman–Crippen LogP) is 2.53. The molecular formula is C19H21ClN2O5. The number of carbonyl (C=O) groups excluding carboxylic acids is 2. The largest absolute Gasteiger partial charge is 0.493 e. The lowest BCUT2D eigenvalue weighted by molar-refractivity contribution is 0.0927. The Kier molecular flexibility index (Phi) is 7.31. The van der Waals surface area contributed by atoms with Crippen LogP contribution >= 0.6 is 11.6 Å². The molecule has 144 valence electrons. The van der Waals surface area contributed by atoms with Crippen molar-refractivity contribution in [3.8, 4) is 17.2 Å². The maximum absolute atomic E-state index is 12.4. The molecule has 0 aliphatic heterocycles. The molecule has 2 aromatic rings. The van der Waals surface area contributed by atoms with Gasteiger partial charge in [-0.25, -0.2) is 0 Å². The van der Waals surface area contributed by atoms with E-state index in [0.29, 0.717) is 33.4 Å². The number of hydrogen-bond donors (Lipinski definition) is 2. The van der Waals surface area contributed by atoms with Gasteiger partial charge in [0.25, 0.3) is 11.8 Å². The molecule has 0 saturated heterocycles. The predicted molar refractivity (Wildman–Crippen MR) is 102 cm³/mol. The van der Waals surface area contributed by atoms with Crippen molar-refractivity contribution >= 4 is 23.4 Å². The third-order valence-corrected chi connectivity index (χ3v) is 4.07. The maximum atomic E-state index is 12.4. The minimum atomic E-state index is -0.332. The molecule has 0 fully saturated rings. The third kappa shape index (κ3) is 5.04. The van der Waals surface area contributed by atoms with Gasteiger partial charge in [-0.1, -0.05) is 23.7 Å². The van der Waals surface area contributed by atoms with Crippen LogP contribution in [0.5, 0.6) is 17.2 Å². The van der Waals surface area contributed by atoms with E-state index in [4.69, 9.17) is 25.8 Å². The van der Waals surface area contributed by atoms with Crippen molar-refractivity contribution in [2.75, 3.05) is 34.4 Å². The molecule has 0 radical (unpaired) electrons. The van der Waals surface area contributed by atoms with Gasteiger partial charge in [0.1, 0.15) is 0 Å².